The Morgan fingerprint density at radius 3 is 1.61 bits per heavy atom. The van der Waals surface area contributed by atoms with Gasteiger partial charge >= 0.3 is 5.97 Å². The molecule has 5 heteroatoms. The monoisotopic (exact) mass is 275 g/mol. The summed E-state index contributed by atoms with van der Waals surface area (Å²) in [6.07, 6.45) is 0. The summed E-state index contributed by atoms with van der Waals surface area (Å²) in [6.45, 7) is 15.0. The zero-order valence-electron chi connectivity index (χ0n) is 13.0. The van der Waals surface area contributed by atoms with Crippen molar-refractivity contribution in [3.8, 4) is 0 Å². The molecule has 0 aliphatic rings. The highest BCUT2D eigenvalue weighted by atomic mass is 28.4. The van der Waals surface area contributed by atoms with Crippen LogP contribution in [0.5, 0.6) is 0 Å². The molecule has 0 unspecified atom stereocenters. The Morgan fingerprint density at radius 2 is 1.33 bits per heavy atom. The first kappa shape index (κ1) is 17.6. The van der Waals surface area contributed by atoms with Gasteiger partial charge in [-0.25, -0.2) is 5.48 Å². The Balaban J connectivity index is 4.86. The molecular weight excluding hydrogens is 246 g/mol. The fourth-order valence-electron chi connectivity index (χ4n) is 2.77. The van der Waals surface area contributed by atoms with Gasteiger partial charge in [-0.1, -0.05) is 41.5 Å². The van der Waals surface area contributed by atoms with Crippen molar-refractivity contribution >= 4 is 14.3 Å². The summed E-state index contributed by atoms with van der Waals surface area (Å²) in [5.41, 5.74) is 4.35. The van der Waals surface area contributed by atoms with Gasteiger partial charge in [0.15, 0.2) is 0 Å². The topological polar surface area (TPSA) is 47.6 Å². The summed E-state index contributed by atoms with van der Waals surface area (Å²) in [6, 6.07) is -0.432. The Morgan fingerprint density at radius 1 is 0.944 bits per heavy atom. The van der Waals surface area contributed by atoms with E-state index in [2.05, 4.69) is 47.0 Å². The average molecular weight is 275 g/mol. The van der Waals surface area contributed by atoms with Crippen molar-refractivity contribution in [1.82, 2.24) is 5.48 Å². The molecule has 0 aromatic heterocycles. The summed E-state index contributed by atoms with van der Waals surface area (Å²) in [4.78, 5) is 11.4. The highest BCUT2D eigenvalue weighted by Crippen LogP contribution is 2.41. The predicted octanol–water partition coefficient (Wildman–Crippen LogP) is 3.24. The molecule has 0 fully saturated rings. The van der Waals surface area contributed by atoms with E-state index in [1.165, 1.54) is 7.11 Å². The lowest BCUT2D eigenvalue weighted by Gasteiger charge is -2.41. The second-order valence-corrected chi connectivity index (χ2v) is 11.2. The SMILES string of the molecule is COC(=O)[C@H](C)NO[Si](C(C)C)(C(C)C)C(C)C. The van der Waals surface area contributed by atoms with E-state index in [4.69, 9.17) is 9.26 Å². The zero-order chi connectivity index (χ0) is 14.5. The van der Waals surface area contributed by atoms with Gasteiger partial charge in [0.25, 0.3) is 0 Å². The molecule has 108 valence electrons. The first-order chi connectivity index (χ1) is 8.20. The first-order valence-electron chi connectivity index (χ1n) is 6.71. The Kier molecular flexibility index (Phi) is 7.10. The summed E-state index contributed by atoms with van der Waals surface area (Å²) in [5.74, 6) is -0.297. The number of methoxy groups -OCH3 is 1. The standard InChI is InChI=1S/C13H29NO3Si/c1-9(2)18(10(3)4,11(5)6)17-14-12(7)13(15)16-8/h9-12,14H,1-8H3/t12-/m0/s1. The molecule has 1 N–H and O–H groups in total. The fourth-order valence-corrected chi connectivity index (χ4v) is 7.86. The van der Waals surface area contributed by atoms with Crippen LogP contribution in [0.4, 0.5) is 0 Å². The van der Waals surface area contributed by atoms with Crippen LogP contribution in [0.3, 0.4) is 0 Å². The number of esters is 1. The molecule has 0 bridgehead atoms. The summed E-state index contributed by atoms with van der Waals surface area (Å²) < 4.78 is 10.8. The fraction of sp³-hybridized carbons (Fsp3) is 0.923. The van der Waals surface area contributed by atoms with Crippen molar-refractivity contribution in [3.63, 3.8) is 0 Å². The summed E-state index contributed by atoms with van der Waals surface area (Å²) in [7, 11) is -0.580. The van der Waals surface area contributed by atoms with E-state index in [0.717, 1.165) is 0 Å². The number of hydroxylamine groups is 1. The van der Waals surface area contributed by atoms with Crippen LogP contribution in [0, 0.1) is 0 Å². The minimum Gasteiger partial charge on any atom is -0.468 e. The van der Waals surface area contributed by atoms with E-state index >= 15 is 0 Å². The normalized spacial score (nSPS) is 14.4. The van der Waals surface area contributed by atoms with E-state index in [9.17, 15) is 4.79 Å². The lowest BCUT2D eigenvalue weighted by atomic mass is 10.4. The minimum absolute atomic E-state index is 0.297. The van der Waals surface area contributed by atoms with Crippen molar-refractivity contribution in [1.29, 1.82) is 0 Å². The number of ether oxygens (including phenoxy) is 1. The number of nitrogens with one attached hydrogen (secondary N) is 1. The minimum atomic E-state index is -1.97. The molecule has 0 aromatic rings. The molecule has 0 rings (SSSR count). The van der Waals surface area contributed by atoms with E-state index < -0.39 is 14.4 Å². The van der Waals surface area contributed by atoms with Crippen LogP contribution in [-0.4, -0.2) is 27.4 Å². The van der Waals surface area contributed by atoms with Crippen LogP contribution in [0.1, 0.15) is 48.5 Å². The quantitative estimate of drug-likeness (QED) is 0.440. The maximum absolute atomic E-state index is 11.4. The molecule has 0 aliphatic heterocycles. The van der Waals surface area contributed by atoms with Gasteiger partial charge in [0.05, 0.1) is 7.11 Å². The van der Waals surface area contributed by atoms with Crippen LogP contribution < -0.4 is 5.48 Å². The van der Waals surface area contributed by atoms with E-state index in [1.807, 2.05) is 0 Å². The molecular formula is C13H29NO3Si. The summed E-state index contributed by atoms with van der Waals surface area (Å²) in [5, 5.41) is 0. The zero-order valence-corrected chi connectivity index (χ0v) is 14.0. The van der Waals surface area contributed by atoms with Gasteiger partial charge in [-0.2, -0.15) is 0 Å². The Labute approximate surface area is 113 Å². The van der Waals surface area contributed by atoms with Crippen molar-refractivity contribution < 1.29 is 14.1 Å². The van der Waals surface area contributed by atoms with Crippen LogP contribution in [-0.2, 0) is 14.1 Å². The van der Waals surface area contributed by atoms with Gasteiger partial charge in [0, 0.05) is 0 Å². The first-order valence-corrected chi connectivity index (χ1v) is 8.85. The molecule has 0 heterocycles. The van der Waals surface area contributed by atoms with Crippen LogP contribution in [0.2, 0.25) is 16.6 Å². The molecule has 0 radical (unpaired) electrons. The molecule has 0 aromatic carbocycles. The molecule has 0 spiro atoms. The number of hydrogen-bond donors (Lipinski definition) is 1. The Hall–Kier alpha value is -0.393. The lowest BCUT2D eigenvalue weighted by molar-refractivity contribution is -0.145. The molecule has 4 nitrogen and oxygen atoms in total. The molecule has 0 aliphatic carbocycles. The van der Waals surface area contributed by atoms with Crippen LogP contribution in [0.25, 0.3) is 0 Å². The van der Waals surface area contributed by atoms with E-state index in [0.29, 0.717) is 16.6 Å². The number of carbonyl (C=O) groups is 1. The van der Waals surface area contributed by atoms with Crippen molar-refractivity contribution in [2.45, 2.75) is 71.1 Å². The molecule has 0 amide bonds. The van der Waals surface area contributed by atoms with Crippen LogP contribution >= 0.6 is 0 Å². The Bertz CT molecular complexity index is 245. The number of rotatable bonds is 7. The van der Waals surface area contributed by atoms with Gasteiger partial charge < -0.3 is 9.26 Å². The maximum atomic E-state index is 11.4. The second-order valence-electron chi connectivity index (χ2n) is 5.78. The third kappa shape index (κ3) is 3.80. The van der Waals surface area contributed by atoms with Gasteiger partial charge in [0.2, 0.25) is 8.32 Å². The molecule has 1 atom stereocenters. The van der Waals surface area contributed by atoms with Crippen molar-refractivity contribution in [3.05, 3.63) is 0 Å². The maximum Gasteiger partial charge on any atom is 0.324 e. The largest absolute Gasteiger partial charge is 0.468 e. The highest BCUT2D eigenvalue weighted by molar-refractivity contribution is 6.77. The van der Waals surface area contributed by atoms with Gasteiger partial charge in [-0.05, 0) is 23.5 Å². The number of carbonyl (C=O) groups excluding carboxylic acids is 1. The molecule has 0 saturated carbocycles. The second kappa shape index (κ2) is 7.26. The van der Waals surface area contributed by atoms with Gasteiger partial charge in [-0.15, -0.1) is 0 Å². The van der Waals surface area contributed by atoms with Crippen molar-refractivity contribution in [2.75, 3.05) is 7.11 Å². The lowest BCUT2D eigenvalue weighted by Crippen LogP contribution is -2.53. The van der Waals surface area contributed by atoms with E-state index in [1.54, 1.807) is 6.92 Å². The average Bonchev–Trinajstić information content (AvgIpc) is 2.26. The third-order valence-corrected chi connectivity index (χ3v) is 9.56. The third-order valence-electron chi connectivity index (χ3n) is 3.67. The van der Waals surface area contributed by atoms with Crippen LogP contribution in [0.15, 0.2) is 0 Å². The molecule has 0 saturated heterocycles. The predicted molar refractivity (Wildman–Crippen MR) is 76.7 cm³/mol. The van der Waals surface area contributed by atoms with Gasteiger partial charge in [-0.3, -0.25) is 4.79 Å². The number of hydrogen-bond acceptors (Lipinski definition) is 4. The van der Waals surface area contributed by atoms with Gasteiger partial charge in [0.1, 0.15) is 6.04 Å². The molecule has 18 heavy (non-hydrogen) atoms. The van der Waals surface area contributed by atoms with Crippen molar-refractivity contribution in [2.24, 2.45) is 0 Å². The van der Waals surface area contributed by atoms with E-state index in [-0.39, 0.29) is 5.97 Å². The smallest absolute Gasteiger partial charge is 0.324 e. The highest BCUT2D eigenvalue weighted by Gasteiger charge is 2.46. The summed E-state index contributed by atoms with van der Waals surface area (Å²) >= 11 is 0.